The Balaban J connectivity index is 1.61. The lowest BCUT2D eigenvalue weighted by Gasteiger charge is -2.19. The van der Waals surface area contributed by atoms with Gasteiger partial charge in [-0.2, -0.15) is 0 Å². The van der Waals surface area contributed by atoms with E-state index in [1.54, 1.807) is 11.8 Å². The number of nitrogens with zero attached hydrogens (tertiary/aromatic N) is 1. The Kier molecular flexibility index (Phi) is 7.63. The molecular weight excluding hydrogens is 448 g/mol. The molecule has 3 rings (SSSR count). The van der Waals surface area contributed by atoms with Crippen LogP contribution in [0.5, 0.6) is 0 Å². The molecule has 30 heavy (non-hydrogen) atoms. The van der Waals surface area contributed by atoms with E-state index in [1.807, 2.05) is 54.6 Å². The van der Waals surface area contributed by atoms with Crippen molar-refractivity contribution >= 4 is 39.4 Å². The topological polar surface area (TPSA) is 75.7 Å². The number of esters is 1. The van der Waals surface area contributed by atoms with Gasteiger partial charge in [-0.1, -0.05) is 42.5 Å². The summed E-state index contributed by atoms with van der Waals surface area (Å²) < 4.78 is 5.99. The minimum absolute atomic E-state index is 0.0896. The van der Waals surface area contributed by atoms with Crippen molar-refractivity contribution in [3.8, 4) is 0 Å². The summed E-state index contributed by atoms with van der Waals surface area (Å²) in [6, 6.07) is 17.1. The number of para-hydroxylation sites is 1. The molecule has 2 aromatic carbocycles. The summed E-state index contributed by atoms with van der Waals surface area (Å²) in [5, 5.41) is 2.86. The van der Waals surface area contributed by atoms with E-state index in [9.17, 15) is 14.4 Å². The molecule has 0 bridgehead atoms. The van der Waals surface area contributed by atoms with Crippen LogP contribution in [0.25, 0.3) is 0 Å². The number of carbonyl (C=O) groups excluding carboxylic acids is 3. The van der Waals surface area contributed by atoms with Crippen LogP contribution in [0.4, 0.5) is 5.69 Å². The number of benzene rings is 2. The molecule has 0 saturated carbocycles. The van der Waals surface area contributed by atoms with E-state index in [4.69, 9.17) is 4.74 Å². The molecule has 1 aliphatic rings. The lowest BCUT2D eigenvalue weighted by molar-refractivity contribution is -0.148. The predicted molar refractivity (Wildman–Crippen MR) is 118 cm³/mol. The second-order valence-electron chi connectivity index (χ2n) is 7.24. The third kappa shape index (κ3) is 5.48. The van der Waals surface area contributed by atoms with Gasteiger partial charge in [0, 0.05) is 24.0 Å². The molecule has 0 aliphatic carbocycles. The molecule has 7 heteroatoms. The van der Waals surface area contributed by atoms with E-state index in [0.717, 1.165) is 15.7 Å². The van der Waals surface area contributed by atoms with Gasteiger partial charge in [0.2, 0.25) is 11.8 Å². The van der Waals surface area contributed by atoms with Crippen molar-refractivity contribution in [3.05, 3.63) is 64.6 Å². The van der Waals surface area contributed by atoms with Crippen LogP contribution < -0.4 is 10.2 Å². The van der Waals surface area contributed by atoms with E-state index >= 15 is 0 Å². The van der Waals surface area contributed by atoms with Crippen molar-refractivity contribution in [1.82, 2.24) is 5.32 Å². The van der Waals surface area contributed by atoms with E-state index in [1.165, 1.54) is 0 Å². The fraction of sp³-hybridized carbons (Fsp3) is 0.348. The van der Waals surface area contributed by atoms with Crippen LogP contribution in [-0.2, 0) is 25.5 Å². The average molecular weight is 473 g/mol. The normalized spacial score (nSPS) is 16.9. The average Bonchev–Trinajstić information content (AvgIpc) is 3.13. The first-order chi connectivity index (χ1) is 14.5. The molecule has 0 aromatic heterocycles. The van der Waals surface area contributed by atoms with Gasteiger partial charge in [-0.3, -0.25) is 14.4 Å². The molecule has 6 nitrogen and oxygen atoms in total. The molecule has 1 N–H and O–H groups in total. The van der Waals surface area contributed by atoms with Gasteiger partial charge in [0.25, 0.3) is 0 Å². The summed E-state index contributed by atoms with van der Waals surface area (Å²) in [4.78, 5) is 39.2. The van der Waals surface area contributed by atoms with Crippen LogP contribution in [0.2, 0.25) is 0 Å². The lowest BCUT2D eigenvalue weighted by Crippen LogP contribution is -2.39. The van der Waals surface area contributed by atoms with E-state index in [-0.39, 0.29) is 37.4 Å². The van der Waals surface area contributed by atoms with Gasteiger partial charge < -0.3 is 15.0 Å². The molecule has 2 unspecified atom stereocenters. The molecule has 2 aromatic rings. The van der Waals surface area contributed by atoms with Crippen molar-refractivity contribution in [2.24, 2.45) is 11.8 Å². The van der Waals surface area contributed by atoms with Crippen molar-refractivity contribution in [1.29, 1.82) is 0 Å². The Morgan fingerprint density at radius 2 is 1.87 bits per heavy atom. The number of hydrogen-bond donors (Lipinski definition) is 1. The SMILES string of the molecule is CCOC(=O)C(CNC(=O)C1CC(=O)N(c2ccccc2Br)C1)Cc1ccccc1. The Morgan fingerprint density at radius 3 is 2.57 bits per heavy atom. The zero-order valence-corrected chi connectivity index (χ0v) is 18.4. The number of hydrogen-bond acceptors (Lipinski definition) is 4. The van der Waals surface area contributed by atoms with Gasteiger partial charge >= 0.3 is 5.97 Å². The maximum Gasteiger partial charge on any atom is 0.311 e. The van der Waals surface area contributed by atoms with Crippen LogP contribution in [0.1, 0.15) is 18.9 Å². The number of nitrogens with one attached hydrogen (secondary N) is 1. The van der Waals surface area contributed by atoms with Gasteiger partial charge in [0.15, 0.2) is 0 Å². The zero-order valence-electron chi connectivity index (χ0n) is 16.8. The van der Waals surface area contributed by atoms with Gasteiger partial charge in [-0.15, -0.1) is 0 Å². The summed E-state index contributed by atoms with van der Waals surface area (Å²) in [7, 11) is 0. The summed E-state index contributed by atoms with van der Waals surface area (Å²) in [6.07, 6.45) is 0.628. The van der Waals surface area contributed by atoms with E-state index in [2.05, 4.69) is 21.2 Å². The van der Waals surface area contributed by atoms with Crippen LogP contribution in [-0.4, -0.2) is 37.5 Å². The first-order valence-electron chi connectivity index (χ1n) is 10.0. The number of halogens is 1. The number of amides is 2. The quantitative estimate of drug-likeness (QED) is 0.597. The number of anilines is 1. The summed E-state index contributed by atoms with van der Waals surface area (Å²) in [5.74, 6) is -1.58. The molecule has 1 saturated heterocycles. The maximum absolute atomic E-state index is 12.7. The summed E-state index contributed by atoms with van der Waals surface area (Å²) in [5.41, 5.74) is 1.76. The fourth-order valence-electron chi connectivity index (χ4n) is 3.55. The van der Waals surface area contributed by atoms with Crippen LogP contribution >= 0.6 is 15.9 Å². The Morgan fingerprint density at radius 1 is 1.17 bits per heavy atom. The second-order valence-corrected chi connectivity index (χ2v) is 8.09. The van der Waals surface area contributed by atoms with Crippen LogP contribution in [0, 0.1) is 11.8 Å². The third-order valence-electron chi connectivity index (χ3n) is 5.11. The highest BCUT2D eigenvalue weighted by molar-refractivity contribution is 9.10. The van der Waals surface area contributed by atoms with Crippen molar-refractivity contribution in [2.75, 3.05) is 24.6 Å². The fourth-order valence-corrected chi connectivity index (χ4v) is 4.05. The molecule has 2 atom stereocenters. The lowest BCUT2D eigenvalue weighted by atomic mass is 9.98. The van der Waals surface area contributed by atoms with E-state index < -0.39 is 11.8 Å². The van der Waals surface area contributed by atoms with Crippen LogP contribution in [0.15, 0.2) is 59.1 Å². The molecule has 0 spiro atoms. The third-order valence-corrected chi connectivity index (χ3v) is 5.78. The van der Waals surface area contributed by atoms with Gasteiger partial charge in [-0.25, -0.2) is 0 Å². The first kappa shape index (κ1) is 22.0. The highest BCUT2D eigenvalue weighted by Gasteiger charge is 2.36. The van der Waals surface area contributed by atoms with Crippen molar-refractivity contribution < 1.29 is 19.1 Å². The Bertz CT molecular complexity index is 903. The smallest absolute Gasteiger partial charge is 0.311 e. The van der Waals surface area contributed by atoms with Crippen LogP contribution in [0.3, 0.4) is 0 Å². The zero-order chi connectivity index (χ0) is 21.5. The Labute approximate surface area is 184 Å². The summed E-state index contributed by atoms with van der Waals surface area (Å²) >= 11 is 3.46. The van der Waals surface area contributed by atoms with Crippen molar-refractivity contribution in [3.63, 3.8) is 0 Å². The summed E-state index contributed by atoms with van der Waals surface area (Å²) in [6.45, 7) is 2.54. The predicted octanol–water partition coefficient (Wildman–Crippen LogP) is 3.34. The monoisotopic (exact) mass is 472 g/mol. The maximum atomic E-state index is 12.7. The van der Waals surface area contributed by atoms with Gasteiger partial charge in [0.05, 0.1) is 24.1 Å². The van der Waals surface area contributed by atoms with Crippen molar-refractivity contribution in [2.45, 2.75) is 19.8 Å². The molecule has 158 valence electrons. The highest BCUT2D eigenvalue weighted by atomic mass is 79.9. The first-order valence-corrected chi connectivity index (χ1v) is 10.8. The largest absolute Gasteiger partial charge is 0.466 e. The minimum atomic E-state index is -0.479. The minimum Gasteiger partial charge on any atom is -0.466 e. The Hall–Kier alpha value is -2.67. The van der Waals surface area contributed by atoms with Gasteiger partial charge in [0.1, 0.15) is 0 Å². The van der Waals surface area contributed by atoms with Gasteiger partial charge in [-0.05, 0) is 47.0 Å². The molecule has 2 amide bonds. The molecule has 0 radical (unpaired) electrons. The molecule has 1 fully saturated rings. The second kappa shape index (κ2) is 10.4. The van der Waals surface area contributed by atoms with E-state index in [0.29, 0.717) is 13.0 Å². The highest BCUT2D eigenvalue weighted by Crippen LogP contribution is 2.31. The molecule has 1 aliphatic heterocycles. The standard InChI is InChI=1S/C23H25BrN2O4/c1-2-30-23(29)17(12-16-8-4-3-5-9-16)14-25-22(28)18-13-21(27)26(15-18)20-11-7-6-10-19(20)24/h3-11,17-18H,2,12-15H2,1H3,(H,25,28). The number of carbonyl (C=O) groups is 3. The number of rotatable bonds is 8. The number of ether oxygens (including phenoxy) is 1. The molecule has 1 heterocycles. The molecular formula is C23H25BrN2O4.